The molecule has 0 fully saturated rings. The second-order valence-electron chi connectivity index (χ2n) is 6.64. The lowest BCUT2D eigenvalue weighted by atomic mass is 10.1. The zero-order chi connectivity index (χ0) is 22.9. The molecular formula is C22H13ClF2N2O4S. The minimum atomic E-state index is -3.74. The summed E-state index contributed by atoms with van der Waals surface area (Å²) in [5.74, 6) is -2.61. The van der Waals surface area contributed by atoms with Gasteiger partial charge < -0.3 is 9.84 Å². The largest absolute Gasteiger partial charge is 0.355 e. The van der Waals surface area contributed by atoms with Crippen LogP contribution in [0.1, 0.15) is 10.5 Å². The number of hydrogen-bond donors (Lipinski definition) is 1. The lowest BCUT2D eigenvalue weighted by Gasteiger charge is -2.07. The van der Waals surface area contributed by atoms with Crippen molar-refractivity contribution < 1.29 is 26.5 Å². The number of sulfone groups is 1. The molecule has 0 saturated heterocycles. The van der Waals surface area contributed by atoms with Gasteiger partial charge in [0.25, 0.3) is 5.91 Å². The fourth-order valence-corrected chi connectivity index (χ4v) is 4.22. The highest BCUT2D eigenvalue weighted by Crippen LogP contribution is 2.25. The van der Waals surface area contributed by atoms with Crippen LogP contribution in [0, 0.1) is 11.6 Å². The van der Waals surface area contributed by atoms with Crippen LogP contribution in [0.25, 0.3) is 11.3 Å². The molecule has 1 N–H and O–H groups in total. The van der Waals surface area contributed by atoms with Gasteiger partial charge in [0.2, 0.25) is 9.84 Å². The van der Waals surface area contributed by atoms with E-state index in [1.165, 1.54) is 60.7 Å². The Morgan fingerprint density at radius 2 is 1.50 bits per heavy atom. The average molecular weight is 475 g/mol. The number of amides is 1. The minimum absolute atomic E-state index is 0.0416. The van der Waals surface area contributed by atoms with Gasteiger partial charge in [-0.15, -0.1) is 0 Å². The van der Waals surface area contributed by atoms with Gasteiger partial charge in [0.15, 0.2) is 23.1 Å². The molecule has 0 aliphatic heterocycles. The maximum Gasteiger partial charge on any atom is 0.277 e. The van der Waals surface area contributed by atoms with E-state index >= 15 is 0 Å². The number of anilines is 1. The molecule has 1 amide bonds. The first-order valence-corrected chi connectivity index (χ1v) is 10.9. The van der Waals surface area contributed by atoms with Crippen molar-refractivity contribution in [2.45, 2.75) is 9.79 Å². The van der Waals surface area contributed by atoms with E-state index in [9.17, 15) is 22.0 Å². The third-order valence-electron chi connectivity index (χ3n) is 4.49. The Bertz CT molecular complexity index is 1400. The Balaban J connectivity index is 1.49. The van der Waals surface area contributed by atoms with Gasteiger partial charge in [-0.05, 0) is 66.7 Å². The van der Waals surface area contributed by atoms with Gasteiger partial charge in [-0.2, -0.15) is 0 Å². The van der Waals surface area contributed by atoms with Crippen LogP contribution in [0.3, 0.4) is 0 Å². The van der Waals surface area contributed by atoms with E-state index < -0.39 is 27.4 Å². The van der Waals surface area contributed by atoms with Crippen LogP contribution >= 0.6 is 11.6 Å². The first-order chi connectivity index (χ1) is 15.2. The van der Waals surface area contributed by atoms with Crippen LogP contribution in [-0.2, 0) is 9.84 Å². The standard InChI is InChI=1S/C22H13ClF2N2O4S/c23-14-2-6-16(7-3-14)32(29,30)17-8-4-15(5-9-17)26-22(28)20-12-21(31-27-20)13-1-10-18(24)19(25)11-13/h1-12H,(H,26,28). The Labute approximate surface area is 186 Å². The van der Waals surface area contributed by atoms with Crippen LogP contribution < -0.4 is 5.32 Å². The zero-order valence-corrected chi connectivity index (χ0v) is 17.6. The zero-order valence-electron chi connectivity index (χ0n) is 16.1. The van der Waals surface area contributed by atoms with Crippen molar-refractivity contribution >= 4 is 33.0 Å². The summed E-state index contributed by atoms with van der Waals surface area (Å²) >= 11 is 5.80. The smallest absolute Gasteiger partial charge is 0.277 e. The first-order valence-electron chi connectivity index (χ1n) is 9.08. The topological polar surface area (TPSA) is 89.3 Å². The number of benzene rings is 3. The monoisotopic (exact) mass is 474 g/mol. The molecule has 4 rings (SSSR count). The summed E-state index contributed by atoms with van der Waals surface area (Å²) in [6, 6.07) is 15.8. The predicted molar refractivity (Wildman–Crippen MR) is 113 cm³/mol. The molecule has 0 aliphatic rings. The van der Waals surface area contributed by atoms with E-state index in [-0.39, 0.29) is 26.8 Å². The van der Waals surface area contributed by atoms with Gasteiger partial charge in [-0.25, -0.2) is 17.2 Å². The Kier molecular flexibility index (Phi) is 5.77. The van der Waals surface area contributed by atoms with Crippen LogP contribution in [0.5, 0.6) is 0 Å². The quantitative estimate of drug-likeness (QED) is 0.420. The van der Waals surface area contributed by atoms with Crippen LogP contribution in [-0.4, -0.2) is 19.5 Å². The van der Waals surface area contributed by atoms with Crippen LogP contribution in [0.15, 0.2) is 87.1 Å². The number of carbonyl (C=O) groups is 1. The molecule has 0 atom stereocenters. The summed E-state index contributed by atoms with van der Waals surface area (Å²) in [6.07, 6.45) is 0. The molecule has 162 valence electrons. The fourth-order valence-electron chi connectivity index (χ4n) is 2.83. The highest BCUT2D eigenvalue weighted by molar-refractivity contribution is 7.91. The summed E-state index contributed by atoms with van der Waals surface area (Å²) < 4.78 is 56.9. The molecule has 0 bridgehead atoms. The van der Waals surface area contributed by atoms with Gasteiger partial charge in [0.1, 0.15) is 0 Å². The number of halogens is 3. The summed E-state index contributed by atoms with van der Waals surface area (Å²) in [5, 5.41) is 6.62. The number of nitrogens with zero attached hydrogens (tertiary/aromatic N) is 1. The Morgan fingerprint density at radius 3 is 2.12 bits per heavy atom. The van der Waals surface area contributed by atoms with Crippen molar-refractivity contribution in [2.24, 2.45) is 0 Å². The lowest BCUT2D eigenvalue weighted by molar-refractivity contribution is 0.101. The fraction of sp³-hybridized carbons (Fsp3) is 0. The van der Waals surface area contributed by atoms with Gasteiger partial charge in [-0.1, -0.05) is 16.8 Å². The first kappa shape index (κ1) is 21.7. The lowest BCUT2D eigenvalue weighted by Crippen LogP contribution is -2.12. The predicted octanol–water partition coefficient (Wildman–Crippen LogP) is 5.36. The van der Waals surface area contributed by atoms with Crippen molar-refractivity contribution in [1.29, 1.82) is 0 Å². The molecule has 0 radical (unpaired) electrons. The number of carbonyl (C=O) groups excluding carboxylic acids is 1. The molecule has 6 nitrogen and oxygen atoms in total. The van der Waals surface area contributed by atoms with Gasteiger partial charge in [-0.3, -0.25) is 4.79 Å². The Hall–Kier alpha value is -3.56. The third kappa shape index (κ3) is 4.39. The number of rotatable bonds is 5. The number of nitrogens with one attached hydrogen (secondary N) is 1. The van der Waals surface area contributed by atoms with Crippen molar-refractivity contribution in [3.05, 3.63) is 95.1 Å². The van der Waals surface area contributed by atoms with Gasteiger partial charge in [0.05, 0.1) is 9.79 Å². The van der Waals surface area contributed by atoms with Gasteiger partial charge >= 0.3 is 0 Å². The molecule has 3 aromatic carbocycles. The highest BCUT2D eigenvalue weighted by Gasteiger charge is 2.19. The van der Waals surface area contributed by atoms with E-state index in [0.29, 0.717) is 10.7 Å². The SMILES string of the molecule is O=C(Nc1ccc(S(=O)(=O)c2ccc(Cl)cc2)cc1)c1cc(-c2ccc(F)c(F)c2)on1. The molecule has 1 aromatic heterocycles. The van der Waals surface area contributed by atoms with Gasteiger partial charge in [0, 0.05) is 22.3 Å². The van der Waals surface area contributed by atoms with Crippen LogP contribution in [0.2, 0.25) is 5.02 Å². The molecule has 1 heterocycles. The van der Waals surface area contributed by atoms with Crippen molar-refractivity contribution in [3.63, 3.8) is 0 Å². The summed E-state index contributed by atoms with van der Waals surface area (Å²) in [5.41, 5.74) is 0.442. The third-order valence-corrected chi connectivity index (χ3v) is 6.53. The van der Waals surface area contributed by atoms with Crippen LogP contribution in [0.4, 0.5) is 14.5 Å². The summed E-state index contributed by atoms with van der Waals surface area (Å²) in [6.45, 7) is 0. The van der Waals surface area contributed by atoms with E-state index in [2.05, 4.69) is 10.5 Å². The second kappa shape index (κ2) is 8.52. The Morgan fingerprint density at radius 1 is 0.875 bits per heavy atom. The molecule has 4 aromatic rings. The highest BCUT2D eigenvalue weighted by atomic mass is 35.5. The minimum Gasteiger partial charge on any atom is -0.355 e. The molecule has 0 aliphatic carbocycles. The number of aromatic nitrogens is 1. The van der Waals surface area contributed by atoms with E-state index in [1.54, 1.807) is 0 Å². The van der Waals surface area contributed by atoms with E-state index in [0.717, 1.165) is 12.1 Å². The van der Waals surface area contributed by atoms with E-state index in [4.69, 9.17) is 16.1 Å². The van der Waals surface area contributed by atoms with Crippen molar-refractivity contribution in [1.82, 2.24) is 5.16 Å². The molecular weight excluding hydrogens is 462 g/mol. The average Bonchev–Trinajstić information content (AvgIpc) is 3.27. The molecule has 10 heteroatoms. The maximum atomic E-state index is 13.4. The summed E-state index contributed by atoms with van der Waals surface area (Å²) in [4.78, 5) is 12.5. The van der Waals surface area contributed by atoms with E-state index in [1.807, 2.05) is 0 Å². The van der Waals surface area contributed by atoms with Crippen molar-refractivity contribution in [2.75, 3.05) is 5.32 Å². The summed E-state index contributed by atoms with van der Waals surface area (Å²) in [7, 11) is -3.74. The molecule has 0 spiro atoms. The second-order valence-corrected chi connectivity index (χ2v) is 9.03. The number of hydrogen-bond acceptors (Lipinski definition) is 5. The molecule has 0 saturated carbocycles. The van der Waals surface area contributed by atoms with Crippen molar-refractivity contribution in [3.8, 4) is 11.3 Å². The maximum absolute atomic E-state index is 13.4. The normalized spacial score (nSPS) is 11.3. The molecule has 32 heavy (non-hydrogen) atoms. The molecule has 0 unspecified atom stereocenters.